The normalized spacial score (nSPS) is 28.1. The van der Waals surface area contributed by atoms with Gasteiger partial charge in [-0.3, -0.25) is 4.79 Å². The first-order valence-corrected chi connectivity index (χ1v) is 5.94. The van der Waals surface area contributed by atoms with Crippen LogP contribution in [0, 0.1) is 5.92 Å². The van der Waals surface area contributed by atoms with Gasteiger partial charge in [-0.05, 0) is 32.1 Å². The molecular formula is C12H20O4. The van der Waals surface area contributed by atoms with E-state index in [-0.39, 0.29) is 17.3 Å². The van der Waals surface area contributed by atoms with E-state index in [1.165, 1.54) is 20.6 Å². The van der Waals surface area contributed by atoms with Gasteiger partial charge in [0.05, 0.1) is 5.60 Å². The van der Waals surface area contributed by atoms with Gasteiger partial charge in [-0.2, -0.15) is 0 Å². The quantitative estimate of drug-likeness (QED) is 0.684. The molecule has 4 nitrogen and oxygen atoms in total. The van der Waals surface area contributed by atoms with E-state index in [2.05, 4.69) is 0 Å². The minimum atomic E-state index is -0.708. The van der Waals surface area contributed by atoms with Gasteiger partial charge in [0.15, 0.2) is 5.78 Å². The number of rotatable bonds is 4. The minimum Gasteiger partial charge on any atom is -0.375 e. The molecule has 92 valence electrons. The maximum atomic E-state index is 12.1. The van der Waals surface area contributed by atoms with Crippen LogP contribution in [0.15, 0.2) is 0 Å². The van der Waals surface area contributed by atoms with Crippen LogP contribution in [-0.4, -0.2) is 38.5 Å². The third-order valence-electron chi connectivity index (χ3n) is 3.82. The summed E-state index contributed by atoms with van der Waals surface area (Å²) < 4.78 is 15.8. The molecule has 4 heteroatoms. The van der Waals surface area contributed by atoms with E-state index in [0.717, 1.165) is 25.7 Å². The first-order valence-electron chi connectivity index (χ1n) is 5.94. The van der Waals surface area contributed by atoms with Gasteiger partial charge in [-0.25, -0.2) is 0 Å². The van der Waals surface area contributed by atoms with Crippen molar-refractivity contribution in [3.8, 4) is 0 Å². The number of hydrogen-bond acceptors (Lipinski definition) is 4. The van der Waals surface area contributed by atoms with Gasteiger partial charge in [0.1, 0.15) is 0 Å². The Morgan fingerprint density at radius 2 is 2.06 bits per heavy atom. The van der Waals surface area contributed by atoms with Crippen molar-refractivity contribution in [3.05, 3.63) is 0 Å². The molecule has 16 heavy (non-hydrogen) atoms. The summed E-state index contributed by atoms with van der Waals surface area (Å²) in [5.41, 5.74) is 0.00457. The number of hydrogen-bond donors (Lipinski definition) is 0. The molecule has 2 fully saturated rings. The first kappa shape index (κ1) is 12.0. The highest BCUT2D eigenvalue weighted by atomic mass is 16.7. The summed E-state index contributed by atoms with van der Waals surface area (Å²) >= 11 is 0. The van der Waals surface area contributed by atoms with Crippen LogP contribution >= 0.6 is 0 Å². The zero-order valence-corrected chi connectivity index (χ0v) is 10.0. The number of Topliss-reactive ketones (excluding diaryl/α,β-unsaturated/α-hetero) is 1. The second-order valence-corrected chi connectivity index (χ2v) is 4.78. The third kappa shape index (κ3) is 2.14. The molecule has 0 bridgehead atoms. The monoisotopic (exact) mass is 228 g/mol. The smallest absolute Gasteiger partial charge is 0.217 e. The van der Waals surface area contributed by atoms with E-state index in [1.807, 2.05) is 0 Å². The van der Waals surface area contributed by atoms with Crippen molar-refractivity contribution in [2.45, 2.75) is 44.0 Å². The van der Waals surface area contributed by atoms with Crippen molar-refractivity contribution >= 4 is 5.78 Å². The molecule has 1 saturated carbocycles. The largest absolute Gasteiger partial charge is 0.375 e. The van der Waals surface area contributed by atoms with Crippen molar-refractivity contribution in [3.63, 3.8) is 0 Å². The molecule has 0 aromatic rings. The highest BCUT2D eigenvalue weighted by molar-refractivity contribution is 5.84. The van der Waals surface area contributed by atoms with Crippen molar-refractivity contribution in [2.75, 3.05) is 20.8 Å². The Kier molecular flexibility index (Phi) is 3.62. The average molecular weight is 228 g/mol. The fourth-order valence-electron chi connectivity index (χ4n) is 2.71. The molecule has 1 unspecified atom stereocenters. The summed E-state index contributed by atoms with van der Waals surface area (Å²) in [5, 5.41) is 0. The zero-order chi connectivity index (χ0) is 11.6. The van der Waals surface area contributed by atoms with Gasteiger partial charge in [-0.15, -0.1) is 0 Å². The topological polar surface area (TPSA) is 44.8 Å². The van der Waals surface area contributed by atoms with Gasteiger partial charge in [-0.1, -0.05) is 0 Å². The molecule has 0 aromatic heterocycles. The van der Waals surface area contributed by atoms with Gasteiger partial charge in [0.2, 0.25) is 6.29 Å². The lowest BCUT2D eigenvalue weighted by Crippen LogP contribution is -2.48. The van der Waals surface area contributed by atoms with E-state index < -0.39 is 6.29 Å². The first-order chi connectivity index (χ1) is 7.71. The second kappa shape index (κ2) is 4.82. The Bertz CT molecular complexity index is 256. The molecular weight excluding hydrogens is 208 g/mol. The lowest BCUT2D eigenvalue weighted by Gasteiger charge is -2.47. The summed E-state index contributed by atoms with van der Waals surface area (Å²) in [5.74, 6) is 0.110. The Labute approximate surface area is 96.2 Å². The summed E-state index contributed by atoms with van der Waals surface area (Å²) in [6.45, 7) is 0.691. The molecule has 1 heterocycles. The number of carbonyl (C=O) groups is 1. The molecule has 0 N–H and O–H groups in total. The summed E-state index contributed by atoms with van der Waals surface area (Å²) in [4.78, 5) is 12.1. The molecule has 1 aliphatic heterocycles. The second-order valence-electron chi connectivity index (χ2n) is 4.78. The van der Waals surface area contributed by atoms with Crippen LogP contribution in [0.2, 0.25) is 0 Å². The molecule has 0 amide bonds. The van der Waals surface area contributed by atoms with Crippen molar-refractivity contribution in [1.29, 1.82) is 0 Å². The summed E-state index contributed by atoms with van der Waals surface area (Å²) in [7, 11) is 3.01. The van der Waals surface area contributed by atoms with E-state index in [1.54, 1.807) is 0 Å². The van der Waals surface area contributed by atoms with E-state index >= 15 is 0 Å². The standard InChI is InChI=1S/C12H20O4/c1-14-11(15-2)10(13)9-4-7-16-12(8-9)5-3-6-12/h9,11H,3-8H2,1-2H3. The van der Waals surface area contributed by atoms with Crippen molar-refractivity contribution in [1.82, 2.24) is 0 Å². The third-order valence-corrected chi connectivity index (χ3v) is 3.82. The average Bonchev–Trinajstić information content (AvgIpc) is 2.28. The Morgan fingerprint density at radius 1 is 1.38 bits per heavy atom. The van der Waals surface area contributed by atoms with Crippen LogP contribution in [0.3, 0.4) is 0 Å². The number of carbonyl (C=O) groups excluding carboxylic acids is 1. The predicted octanol–water partition coefficient (Wildman–Crippen LogP) is 1.52. The minimum absolute atomic E-state index is 0.00457. The summed E-state index contributed by atoms with van der Waals surface area (Å²) in [6.07, 6.45) is 4.35. The molecule has 2 aliphatic rings. The van der Waals surface area contributed by atoms with Crippen LogP contribution < -0.4 is 0 Å². The van der Waals surface area contributed by atoms with E-state index in [9.17, 15) is 4.79 Å². The van der Waals surface area contributed by atoms with Gasteiger partial charge < -0.3 is 14.2 Å². The summed E-state index contributed by atoms with van der Waals surface area (Å²) in [6, 6.07) is 0. The van der Waals surface area contributed by atoms with Crippen molar-refractivity contribution < 1.29 is 19.0 Å². The predicted molar refractivity (Wildman–Crippen MR) is 58.1 cm³/mol. The zero-order valence-electron chi connectivity index (χ0n) is 10.0. The Balaban J connectivity index is 1.95. The van der Waals surface area contributed by atoms with Crippen LogP contribution in [0.1, 0.15) is 32.1 Å². The molecule has 1 saturated heterocycles. The molecule has 1 aliphatic carbocycles. The number of ketones is 1. The van der Waals surface area contributed by atoms with Crippen LogP contribution in [-0.2, 0) is 19.0 Å². The van der Waals surface area contributed by atoms with Crippen LogP contribution in [0.4, 0.5) is 0 Å². The van der Waals surface area contributed by atoms with Crippen molar-refractivity contribution in [2.24, 2.45) is 5.92 Å². The lowest BCUT2D eigenvalue weighted by atomic mass is 9.71. The fourth-order valence-corrected chi connectivity index (χ4v) is 2.71. The molecule has 1 spiro atoms. The highest BCUT2D eigenvalue weighted by Crippen LogP contribution is 2.44. The van der Waals surface area contributed by atoms with Crippen LogP contribution in [0.5, 0.6) is 0 Å². The fraction of sp³-hybridized carbons (Fsp3) is 0.917. The number of methoxy groups -OCH3 is 2. The molecule has 0 radical (unpaired) electrons. The van der Waals surface area contributed by atoms with Gasteiger partial charge >= 0.3 is 0 Å². The van der Waals surface area contributed by atoms with E-state index in [4.69, 9.17) is 14.2 Å². The maximum absolute atomic E-state index is 12.1. The van der Waals surface area contributed by atoms with Gasteiger partial charge in [0, 0.05) is 26.7 Å². The molecule has 2 rings (SSSR count). The lowest BCUT2D eigenvalue weighted by molar-refractivity contribution is -0.178. The van der Waals surface area contributed by atoms with E-state index in [0.29, 0.717) is 6.61 Å². The molecule has 0 aromatic carbocycles. The molecule has 1 atom stereocenters. The van der Waals surface area contributed by atoms with Crippen LogP contribution in [0.25, 0.3) is 0 Å². The number of ether oxygens (including phenoxy) is 3. The Hall–Kier alpha value is -0.450. The Morgan fingerprint density at radius 3 is 2.56 bits per heavy atom. The SMILES string of the molecule is COC(OC)C(=O)C1CCOC2(CCC2)C1. The maximum Gasteiger partial charge on any atom is 0.217 e. The highest BCUT2D eigenvalue weighted by Gasteiger charge is 2.45. The van der Waals surface area contributed by atoms with Gasteiger partial charge in [0.25, 0.3) is 0 Å².